The first-order chi connectivity index (χ1) is 8.61. The summed E-state index contributed by atoms with van der Waals surface area (Å²) in [6.45, 7) is 1.91. The predicted octanol–water partition coefficient (Wildman–Crippen LogP) is 2.57. The van der Waals surface area contributed by atoms with Gasteiger partial charge in [-0.1, -0.05) is 12.1 Å². The van der Waals surface area contributed by atoms with Gasteiger partial charge >= 0.3 is 0 Å². The number of ether oxygens (including phenoxy) is 1. The van der Waals surface area contributed by atoms with Crippen molar-refractivity contribution < 1.29 is 9.53 Å². The molecule has 1 aromatic carbocycles. The van der Waals surface area contributed by atoms with E-state index >= 15 is 0 Å². The zero-order valence-corrected chi connectivity index (χ0v) is 11.1. The van der Waals surface area contributed by atoms with Gasteiger partial charge in [0.25, 0.3) is 0 Å². The van der Waals surface area contributed by atoms with Crippen LogP contribution in [0.5, 0.6) is 5.75 Å². The molecule has 0 heterocycles. The molecule has 0 aliphatic rings. The van der Waals surface area contributed by atoms with Crippen molar-refractivity contribution in [3.05, 3.63) is 24.3 Å². The predicted molar refractivity (Wildman–Crippen MR) is 70.9 cm³/mol. The maximum atomic E-state index is 12.0. The van der Waals surface area contributed by atoms with Gasteiger partial charge in [-0.3, -0.25) is 4.79 Å². The first kappa shape index (κ1) is 14.3. The molecule has 96 valence electrons. The number of rotatable bonds is 5. The standard InChI is InChI=1S/C13H15ClN2O2/c1-10(14)13(17)16(9-5-8-15)11-6-3-4-7-12(11)18-2/h3-4,6-7,10H,5,9H2,1-2H3/t10-/m0/s1. The Morgan fingerprint density at radius 3 is 2.78 bits per heavy atom. The Hall–Kier alpha value is -1.73. The molecule has 0 aliphatic carbocycles. The SMILES string of the molecule is COc1ccccc1N(CCC#N)C(=O)[C@H](C)Cl. The molecule has 1 amide bonds. The minimum atomic E-state index is -0.645. The minimum Gasteiger partial charge on any atom is -0.495 e. The van der Waals surface area contributed by atoms with Gasteiger partial charge in [0.15, 0.2) is 0 Å². The number of nitriles is 1. The third kappa shape index (κ3) is 3.38. The van der Waals surface area contributed by atoms with E-state index in [4.69, 9.17) is 21.6 Å². The molecule has 1 rings (SSSR count). The molecule has 0 radical (unpaired) electrons. The summed E-state index contributed by atoms with van der Waals surface area (Å²) >= 11 is 5.83. The molecule has 0 bridgehead atoms. The molecule has 1 aromatic rings. The number of para-hydroxylation sites is 2. The van der Waals surface area contributed by atoms with Crippen LogP contribution in [0.4, 0.5) is 5.69 Å². The van der Waals surface area contributed by atoms with Crippen molar-refractivity contribution >= 4 is 23.2 Å². The van der Waals surface area contributed by atoms with E-state index < -0.39 is 5.38 Å². The van der Waals surface area contributed by atoms with E-state index in [1.165, 1.54) is 12.0 Å². The third-order valence-electron chi connectivity index (χ3n) is 2.43. The van der Waals surface area contributed by atoms with Crippen LogP contribution in [0, 0.1) is 11.3 Å². The maximum Gasteiger partial charge on any atom is 0.244 e. The number of carbonyl (C=O) groups is 1. The average Bonchev–Trinajstić information content (AvgIpc) is 2.39. The maximum absolute atomic E-state index is 12.0. The van der Waals surface area contributed by atoms with Gasteiger partial charge in [0.05, 0.1) is 25.3 Å². The molecular weight excluding hydrogens is 252 g/mol. The second-order valence-electron chi connectivity index (χ2n) is 3.69. The van der Waals surface area contributed by atoms with Gasteiger partial charge in [0.1, 0.15) is 11.1 Å². The molecule has 18 heavy (non-hydrogen) atoms. The highest BCUT2D eigenvalue weighted by Crippen LogP contribution is 2.28. The van der Waals surface area contributed by atoms with Crippen molar-refractivity contribution in [1.82, 2.24) is 0 Å². The highest BCUT2D eigenvalue weighted by Gasteiger charge is 2.22. The highest BCUT2D eigenvalue weighted by atomic mass is 35.5. The number of benzene rings is 1. The number of alkyl halides is 1. The Morgan fingerprint density at radius 1 is 1.56 bits per heavy atom. The van der Waals surface area contributed by atoms with E-state index in [0.717, 1.165) is 0 Å². The normalized spacial score (nSPS) is 11.4. The fourth-order valence-corrected chi connectivity index (χ4v) is 1.70. The van der Waals surface area contributed by atoms with Crippen LogP contribution in [0.25, 0.3) is 0 Å². The second-order valence-corrected chi connectivity index (χ2v) is 4.34. The molecule has 0 fully saturated rings. The molecule has 0 aromatic heterocycles. The molecule has 0 unspecified atom stereocenters. The molecule has 0 spiro atoms. The quantitative estimate of drug-likeness (QED) is 0.770. The monoisotopic (exact) mass is 266 g/mol. The summed E-state index contributed by atoms with van der Waals surface area (Å²) in [5, 5.41) is 8.01. The lowest BCUT2D eigenvalue weighted by Crippen LogP contribution is -2.36. The molecule has 0 saturated carbocycles. The number of nitrogens with zero attached hydrogens (tertiary/aromatic N) is 2. The van der Waals surface area contributed by atoms with Gasteiger partial charge in [0.2, 0.25) is 5.91 Å². The van der Waals surface area contributed by atoms with Gasteiger partial charge in [-0.25, -0.2) is 0 Å². The summed E-state index contributed by atoms with van der Waals surface area (Å²) in [4.78, 5) is 13.5. The van der Waals surface area contributed by atoms with Crippen LogP contribution in [0.15, 0.2) is 24.3 Å². The molecule has 5 heteroatoms. The molecule has 1 atom stereocenters. The number of anilines is 1. The van der Waals surface area contributed by atoms with E-state index in [0.29, 0.717) is 18.0 Å². The zero-order chi connectivity index (χ0) is 13.5. The van der Waals surface area contributed by atoms with Crippen LogP contribution in [0.2, 0.25) is 0 Å². The van der Waals surface area contributed by atoms with Crippen LogP contribution in [0.1, 0.15) is 13.3 Å². The fourth-order valence-electron chi connectivity index (χ4n) is 1.58. The smallest absolute Gasteiger partial charge is 0.244 e. The summed E-state index contributed by atoms with van der Waals surface area (Å²) in [5.74, 6) is 0.345. The van der Waals surface area contributed by atoms with Gasteiger partial charge in [-0.2, -0.15) is 5.26 Å². The zero-order valence-electron chi connectivity index (χ0n) is 10.4. The Labute approximate surface area is 112 Å². The topological polar surface area (TPSA) is 53.3 Å². The first-order valence-corrected chi connectivity index (χ1v) is 6.01. The molecule has 0 saturated heterocycles. The van der Waals surface area contributed by atoms with Crippen molar-refractivity contribution in [2.45, 2.75) is 18.7 Å². The number of amides is 1. The van der Waals surface area contributed by atoms with Crippen LogP contribution in [-0.2, 0) is 4.79 Å². The van der Waals surface area contributed by atoms with Crippen molar-refractivity contribution in [2.24, 2.45) is 0 Å². The fraction of sp³-hybridized carbons (Fsp3) is 0.385. The molecule has 0 aliphatic heterocycles. The van der Waals surface area contributed by atoms with E-state index in [-0.39, 0.29) is 12.3 Å². The Bertz CT molecular complexity index is 455. The summed E-state index contributed by atoms with van der Waals surface area (Å²) < 4.78 is 5.22. The Balaban J connectivity index is 3.09. The van der Waals surface area contributed by atoms with Crippen molar-refractivity contribution in [3.8, 4) is 11.8 Å². The third-order valence-corrected chi connectivity index (χ3v) is 2.62. The van der Waals surface area contributed by atoms with Crippen molar-refractivity contribution in [3.63, 3.8) is 0 Å². The van der Waals surface area contributed by atoms with Crippen LogP contribution in [0.3, 0.4) is 0 Å². The number of hydrogen-bond acceptors (Lipinski definition) is 3. The Morgan fingerprint density at radius 2 is 2.22 bits per heavy atom. The Kier molecular flexibility index (Phi) is 5.47. The van der Waals surface area contributed by atoms with Crippen molar-refractivity contribution in [2.75, 3.05) is 18.6 Å². The van der Waals surface area contributed by atoms with E-state index in [9.17, 15) is 4.79 Å². The lowest BCUT2D eigenvalue weighted by atomic mass is 10.2. The van der Waals surface area contributed by atoms with Gasteiger partial charge < -0.3 is 9.64 Å². The number of carbonyl (C=O) groups excluding carboxylic acids is 1. The largest absolute Gasteiger partial charge is 0.495 e. The summed E-state index contributed by atoms with van der Waals surface area (Å²) in [6.07, 6.45) is 0.243. The van der Waals surface area contributed by atoms with E-state index in [1.54, 1.807) is 19.1 Å². The molecule has 0 N–H and O–H groups in total. The van der Waals surface area contributed by atoms with E-state index in [2.05, 4.69) is 0 Å². The highest BCUT2D eigenvalue weighted by molar-refractivity contribution is 6.32. The summed E-state index contributed by atoms with van der Waals surface area (Å²) in [7, 11) is 1.54. The van der Waals surface area contributed by atoms with Crippen LogP contribution >= 0.6 is 11.6 Å². The van der Waals surface area contributed by atoms with Crippen LogP contribution in [-0.4, -0.2) is 24.9 Å². The lowest BCUT2D eigenvalue weighted by molar-refractivity contribution is -0.118. The summed E-state index contributed by atoms with van der Waals surface area (Å²) in [6, 6.07) is 9.19. The van der Waals surface area contributed by atoms with Gasteiger partial charge in [-0.15, -0.1) is 11.6 Å². The molecular formula is C13H15ClN2O2. The minimum absolute atomic E-state index is 0.239. The second kappa shape index (κ2) is 6.87. The number of methoxy groups -OCH3 is 1. The average molecular weight is 267 g/mol. The van der Waals surface area contributed by atoms with E-state index in [1.807, 2.05) is 18.2 Å². The number of hydrogen-bond donors (Lipinski definition) is 0. The van der Waals surface area contributed by atoms with Gasteiger partial charge in [0, 0.05) is 6.54 Å². The van der Waals surface area contributed by atoms with Gasteiger partial charge in [-0.05, 0) is 19.1 Å². The first-order valence-electron chi connectivity index (χ1n) is 5.57. The van der Waals surface area contributed by atoms with Crippen LogP contribution < -0.4 is 9.64 Å². The number of halogens is 1. The van der Waals surface area contributed by atoms with Crippen molar-refractivity contribution in [1.29, 1.82) is 5.26 Å². The lowest BCUT2D eigenvalue weighted by Gasteiger charge is -2.24. The summed E-state index contributed by atoms with van der Waals surface area (Å²) in [5.41, 5.74) is 0.632. The molecule has 4 nitrogen and oxygen atoms in total.